The van der Waals surface area contributed by atoms with Crippen LogP contribution in [0.25, 0.3) is 10.9 Å². The molecule has 1 aromatic carbocycles. The first-order chi connectivity index (χ1) is 9.12. The van der Waals surface area contributed by atoms with Crippen LogP contribution in [0, 0.1) is 0 Å². The fourth-order valence-corrected chi connectivity index (χ4v) is 1.97. The summed E-state index contributed by atoms with van der Waals surface area (Å²) in [6.45, 7) is 2.03. The van der Waals surface area contributed by atoms with E-state index in [4.69, 9.17) is 19.9 Å². The van der Waals surface area contributed by atoms with E-state index in [0.717, 1.165) is 0 Å². The number of carbonyl (C=O) groups is 1. The van der Waals surface area contributed by atoms with E-state index >= 15 is 0 Å². The number of nitrogens with one attached hydrogen (secondary N) is 1. The molecule has 0 aliphatic carbocycles. The molecular formula is C13H16N2O4. The molecule has 0 radical (unpaired) electrons. The van der Waals surface area contributed by atoms with E-state index < -0.39 is 5.97 Å². The van der Waals surface area contributed by atoms with E-state index in [1.165, 1.54) is 7.11 Å². The van der Waals surface area contributed by atoms with Crippen LogP contribution in [0.5, 0.6) is 11.5 Å². The maximum Gasteiger partial charge on any atom is 0.342 e. The first kappa shape index (κ1) is 13.1. The Hall–Kier alpha value is -2.37. The molecule has 0 atom stereocenters. The lowest BCUT2D eigenvalue weighted by atomic mass is 10.1. The lowest BCUT2D eigenvalue weighted by molar-refractivity contribution is 0.0530. The molecule has 0 aliphatic heterocycles. The molecule has 0 unspecified atom stereocenters. The number of nitrogen functional groups attached to an aromatic ring is 1. The second-order valence-corrected chi connectivity index (χ2v) is 3.89. The van der Waals surface area contributed by atoms with Crippen molar-refractivity contribution in [2.24, 2.45) is 0 Å². The van der Waals surface area contributed by atoms with Crippen LogP contribution in [0.15, 0.2) is 12.1 Å². The molecule has 2 rings (SSSR count). The second kappa shape index (κ2) is 5.09. The van der Waals surface area contributed by atoms with Crippen LogP contribution in [0.2, 0.25) is 0 Å². The van der Waals surface area contributed by atoms with E-state index in [1.807, 2.05) is 0 Å². The maximum atomic E-state index is 11.9. The molecule has 0 saturated heterocycles. The van der Waals surface area contributed by atoms with Gasteiger partial charge in [-0.15, -0.1) is 0 Å². The summed E-state index contributed by atoms with van der Waals surface area (Å²) in [6.07, 6.45) is 0. The minimum atomic E-state index is -0.460. The predicted octanol–water partition coefficient (Wildman–Crippen LogP) is 1.94. The minimum Gasteiger partial charge on any atom is -0.493 e. The summed E-state index contributed by atoms with van der Waals surface area (Å²) < 4.78 is 15.4. The minimum absolute atomic E-state index is 0.267. The summed E-state index contributed by atoms with van der Waals surface area (Å²) in [5.74, 6) is 0.897. The first-order valence-electron chi connectivity index (χ1n) is 5.82. The van der Waals surface area contributed by atoms with Gasteiger partial charge >= 0.3 is 5.97 Å². The molecule has 0 saturated carbocycles. The van der Waals surface area contributed by atoms with Crippen LogP contribution in [0.3, 0.4) is 0 Å². The summed E-state index contributed by atoms with van der Waals surface area (Å²) in [5, 5.41) is 0.647. The molecule has 0 amide bonds. The highest BCUT2D eigenvalue weighted by Gasteiger charge is 2.20. The van der Waals surface area contributed by atoms with Gasteiger partial charge in [-0.25, -0.2) is 4.79 Å². The van der Waals surface area contributed by atoms with Crippen molar-refractivity contribution in [3.63, 3.8) is 0 Å². The molecule has 0 bridgehead atoms. The van der Waals surface area contributed by atoms with Gasteiger partial charge in [0.15, 0.2) is 11.5 Å². The number of fused-ring (bicyclic) bond motifs is 1. The number of H-pyrrole nitrogens is 1. The normalized spacial score (nSPS) is 10.5. The van der Waals surface area contributed by atoms with Crippen molar-refractivity contribution >= 4 is 22.7 Å². The number of ether oxygens (including phenoxy) is 3. The third kappa shape index (κ3) is 2.16. The van der Waals surface area contributed by atoms with Crippen LogP contribution in [0.1, 0.15) is 17.3 Å². The third-order valence-electron chi connectivity index (χ3n) is 2.81. The van der Waals surface area contributed by atoms with Gasteiger partial charge in [-0.3, -0.25) is 0 Å². The fraction of sp³-hybridized carbons (Fsp3) is 0.308. The number of nitrogens with two attached hydrogens (primary N) is 1. The molecular weight excluding hydrogens is 248 g/mol. The molecule has 19 heavy (non-hydrogen) atoms. The quantitative estimate of drug-likeness (QED) is 0.824. The molecule has 0 fully saturated rings. The van der Waals surface area contributed by atoms with Crippen LogP contribution < -0.4 is 15.2 Å². The molecule has 3 N–H and O–H groups in total. The summed E-state index contributed by atoms with van der Waals surface area (Å²) >= 11 is 0. The van der Waals surface area contributed by atoms with Crippen molar-refractivity contribution in [3.8, 4) is 11.5 Å². The Bertz CT molecular complexity index is 619. The molecule has 6 nitrogen and oxygen atoms in total. The van der Waals surface area contributed by atoms with Gasteiger partial charge in [0.05, 0.1) is 26.3 Å². The SMILES string of the molecule is CCOC(=O)c1c(N)[nH]c2cc(OC)c(OC)cc12. The van der Waals surface area contributed by atoms with Crippen LogP contribution in [-0.2, 0) is 4.74 Å². The van der Waals surface area contributed by atoms with Crippen molar-refractivity contribution in [3.05, 3.63) is 17.7 Å². The van der Waals surface area contributed by atoms with Crippen molar-refractivity contribution in [1.29, 1.82) is 0 Å². The van der Waals surface area contributed by atoms with E-state index in [1.54, 1.807) is 26.2 Å². The van der Waals surface area contributed by atoms with E-state index in [9.17, 15) is 4.79 Å². The van der Waals surface area contributed by atoms with Crippen LogP contribution >= 0.6 is 0 Å². The number of anilines is 1. The van der Waals surface area contributed by atoms with Gasteiger partial charge in [-0.05, 0) is 13.0 Å². The van der Waals surface area contributed by atoms with Crippen LogP contribution in [-0.4, -0.2) is 31.8 Å². The van der Waals surface area contributed by atoms with E-state index in [2.05, 4.69) is 4.98 Å². The zero-order valence-electron chi connectivity index (χ0n) is 11.1. The second-order valence-electron chi connectivity index (χ2n) is 3.89. The number of hydrogen-bond acceptors (Lipinski definition) is 5. The molecule has 102 valence electrons. The average molecular weight is 264 g/mol. The average Bonchev–Trinajstić information content (AvgIpc) is 2.72. The molecule has 1 heterocycles. The molecule has 0 aliphatic rings. The Kier molecular flexibility index (Phi) is 3.50. The van der Waals surface area contributed by atoms with Gasteiger partial charge in [0.25, 0.3) is 0 Å². The lowest BCUT2D eigenvalue weighted by Crippen LogP contribution is -2.06. The maximum absolute atomic E-state index is 11.9. The topological polar surface area (TPSA) is 86.6 Å². The van der Waals surface area contributed by atoms with Gasteiger partial charge in [-0.1, -0.05) is 0 Å². The van der Waals surface area contributed by atoms with E-state index in [0.29, 0.717) is 28.0 Å². The Morgan fingerprint density at radius 3 is 2.47 bits per heavy atom. The predicted molar refractivity (Wildman–Crippen MR) is 71.8 cm³/mol. The summed E-state index contributed by atoms with van der Waals surface area (Å²) in [4.78, 5) is 14.8. The highest BCUT2D eigenvalue weighted by atomic mass is 16.5. The zero-order chi connectivity index (χ0) is 14.0. The van der Waals surface area contributed by atoms with Gasteiger partial charge < -0.3 is 24.9 Å². The van der Waals surface area contributed by atoms with Gasteiger partial charge in [0, 0.05) is 11.5 Å². The number of methoxy groups -OCH3 is 2. The zero-order valence-corrected chi connectivity index (χ0v) is 11.1. The van der Waals surface area contributed by atoms with Crippen molar-refractivity contribution < 1.29 is 19.0 Å². The summed E-state index contributed by atoms with van der Waals surface area (Å²) in [5.41, 5.74) is 6.84. The van der Waals surface area contributed by atoms with Crippen molar-refractivity contribution in [2.75, 3.05) is 26.6 Å². The Labute approximate surface area is 110 Å². The molecule has 6 heteroatoms. The Morgan fingerprint density at radius 2 is 1.89 bits per heavy atom. The van der Waals surface area contributed by atoms with Gasteiger partial charge in [0.1, 0.15) is 11.4 Å². The monoisotopic (exact) mass is 264 g/mol. The highest BCUT2D eigenvalue weighted by molar-refractivity contribution is 6.09. The summed E-state index contributed by atoms with van der Waals surface area (Å²) in [6, 6.07) is 3.43. The smallest absolute Gasteiger partial charge is 0.342 e. The number of benzene rings is 1. The fourth-order valence-electron chi connectivity index (χ4n) is 1.97. The number of hydrogen-bond donors (Lipinski definition) is 2. The molecule has 0 spiro atoms. The highest BCUT2D eigenvalue weighted by Crippen LogP contribution is 2.35. The number of aromatic amines is 1. The van der Waals surface area contributed by atoms with Crippen molar-refractivity contribution in [2.45, 2.75) is 6.92 Å². The standard InChI is InChI=1S/C13H16N2O4/c1-4-19-13(16)11-7-5-9(17-2)10(18-3)6-8(7)15-12(11)14/h5-6,15H,4,14H2,1-3H3. The summed E-state index contributed by atoms with van der Waals surface area (Å²) in [7, 11) is 3.08. The number of aromatic nitrogens is 1. The van der Waals surface area contributed by atoms with Gasteiger partial charge in [0.2, 0.25) is 0 Å². The largest absolute Gasteiger partial charge is 0.493 e. The van der Waals surface area contributed by atoms with E-state index in [-0.39, 0.29) is 12.4 Å². The van der Waals surface area contributed by atoms with Crippen molar-refractivity contribution in [1.82, 2.24) is 4.98 Å². The van der Waals surface area contributed by atoms with Gasteiger partial charge in [-0.2, -0.15) is 0 Å². The first-order valence-corrected chi connectivity index (χ1v) is 5.82. The third-order valence-corrected chi connectivity index (χ3v) is 2.81. The Balaban J connectivity index is 2.65. The molecule has 1 aromatic heterocycles. The number of carbonyl (C=O) groups excluding carboxylic acids is 1. The lowest BCUT2D eigenvalue weighted by Gasteiger charge is -2.07. The molecule has 2 aromatic rings. The number of rotatable bonds is 4. The number of esters is 1. The Morgan fingerprint density at radius 1 is 1.26 bits per heavy atom. The van der Waals surface area contributed by atoms with Crippen LogP contribution in [0.4, 0.5) is 5.82 Å².